The Morgan fingerprint density at radius 3 is 2.67 bits per heavy atom. The molecule has 1 saturated heterocycles. The number of anilines is 1. The van der Waals surface area contributed by atoms with E-state index in [1.54, 1.807) is 0 Å². The normalized spacial score (nSPS) is 20.5. The summed E-state index contributed by atoms with van der Waals surface area (Å²) in [6.45, 7) is 1.97. The molecular formula is C11H13F2NO. The molecule has 0 bridgehead atoms. The quantitative estimate of drug-likeness (QED) is 0.832. The molecule has 1 unspecified atom stereocenters. The molecule has 1 aromatic rings. The van der Waals surface area contributed by atoms with Gasteiger partial charge in [-0.2, -0.15) is 0 Å². The Hall–Kier alpha value is -1.16. The van der Waals surface area contributed by atoms with Crippen molar-refractivity contribution in [2.24, 2.45) is 5.92 Å². The van der Waals surface area contributed by atoms with Crippen molar-refractivity contribution < 1.29 is 13.5 Å². The number of benzene rings is 1. The van der Waals surface area contributed by atoms with Crippen molar-refractivity contribution in [2.75, 3.05) is 25.1 Å². The van der Waals surface area contributed by atoms with E-state index >= 15 is 0 Å². The number of halogens is 2. The van der Waals surface area contributed by atoms with Crippen LogP contribution in [0.25, 0.3) is 0 Å². The van der Waals surface area contributed by atoms with Crippen LogP contribution in [0.2, 0.25) is 0 Å². The molecule has 0 spiro atoms. The van der Waals surface area contributed by atoms with E-state index < -0.39 is 11.6 Å². The maximum Gasteiger partial charge on any atom is 0.149 e. The van der Waals surface area contributed by atoms with E-state index in [2.05, 4.69) is 5.32 Å². The second-order valence-corrected chi connectivity index (χ2v) is 3.71. The fourth-order valence-corrected chi connectivity index (χ4v) is 1.66. The van der Waals surface area contributed by atoms with Gasteiger partial charge in [-0.25, -0.2) is 8.78 Å². The fraction of sp³-hybridized carbons (Fsp3) is 0.455. The lowest BCUT2D eigenvalue weighted by atomic mass is 10.1. The maximum atomic E-state index is 13.2. The van der Waals surface area contributed by atoms with Gasteiger partial charge in [0.1, 0.15) is 17.3 Å². The summed E-state index contributed by atoms with van der Waals surface area (Å²) in [5.41, 5.74) is -0.0376. The van der Waals surface area contributed by atoms with Crippen LogP contribution in [0.4, 0.5) is 14.5 Å². The van der Waals surface area contributed by atoms with Crippen LogP contribution < -0.4 is 5.32 Å². The molecule has 0 aromatic heterocycles. The first-order chi connectivity index (χ1) is 7.27. The second-order valence-electron chi connectivity index (χ2n) is 3.71. The van der Waals surface area contributed by atoms with Crippen LogP contribution in [0.5, 0.6) is 0 Å². The highest BCUT2D eigenvalue weighted by Crippen LogP contribution is 2.20. The first kappa shape index (κ1) is 10.4. The van der Waals surface area contributed by atoms with E-state index in [0.717, 1.165) is 13.0 Å². The average Bonchev–Trinajstić information content (AvgIpc) is 2.70. The SMILES string of the molecule is Fc1cccc(F)c1NCC1CCOC1. The summed E-state index contributed by atoms with van der Waals surface area (Å²) in [6, 6.07) is 3.85. The summed E-state index contributed by atoms with van der Waals surface area (Å²) in [5, 5.41) is 2.79. The molecule has 0 saturated carbocycles. The lowest BCUT2D eigenvalue weighted by molar-refractivity contribution is 0.187. The van der Waals surface area contributed by atoms with Crippen LogP contribution in [0.3, 0.4) is 0 Å². The molecule has 1 aromatic carbocycles. The molecular weight excluding hydrogens is 200 g/mol. The van der Waals surface area contributed by atoms with Crippen molar-refractivity contribution in [2.45, 2.75) is 6.42 Å². The van der Waals surface area contributed by atoms with E-state index in [0.29, 0.717) is 19.1 Å². The van der Waals surface area contributed by atoms with Gasteiger partial charge in [0, 0.05) is 19.1 Å². The zero-order valence-electron chi connectivity index (χ0n) is 8.30. The van der Waals surface area contributed by atoms with Gasteiger partial charge in [-0.3, -0.25) is 0 Å². The van der Waals surface area contributed by atoms with E-state index in [1.165, 1.54) is 18.2 Å². The van der Waals surface area contributed by atoms with Crippen molar-refractivity contribution in [3.05, 3.63) is 29.8 Å². The van der Waals surface area contributed by atoms with Crippen LogP contribution in [-0.2, 0) is 4.74 Å². The molecule has 1 fully saturated rings. The van der Waals surface area contributed by atoms with E-state index in [9.17, 15) is 8.78 Å². The molecule has 2 nitrogen and oxygen atoms in total. The number of para-hydroxylation sites is 1. The van der Waals surface area contributed by atoms with Gasteiger partial charge in [-0.15, -0.1) is 0 Å². The Labute approximate surface area is 87.2 Å². The van der Waals surface area contributed by atoms with Crippen molar-refractivity contribution in [1.29, 1.82) is 0 Å². The minimum atomic E-state index is -0.547. The summed E-state index contributed by atoms with van der Waals surface area (Å²) >= 11 is 0. The second kappa shape index (κ2) is 4.57. The van der Waals surface area contributed by atoms with E-state index in [-0.39, 0.29) is 5.69 Å². The number of nitrogens with one attached hydrogen (secondary N) is 1. The Kier molecular flexibility index (Phi) is 3.16. The minimum Gasteiger partial charge on any atom is -0.381 e. The molecule has 1 atom stereocenters. The van der Waals surface area contributed by atoms with Gasteiger partial charge >= 0.3 is 0 Å². The van der Waals surface area contributed by atoms with Crippen LogP contribution in [0.1, 0.15) is 6.42 Å². The topological polar surface area (TPSA) is 21.3 Å². The maximum absolute atomic E-state index is 13.2. The van der Waals surface area contributed by atoms with E-state index in [4.69, 9.17) is 4.74 Å². The third-order valence-corrected chi connectivity index (χ3v) is 2.55. The largest absolute Gasteiger partial charge is 0.381 e. The first-order valence-electron chi connectivity index (χ1n) is 5.03. The van der Waals surface area contributed by atoms with Gasteiger partial charge in [-0.1, -0.05) is 6.07 Å². The van der Waals surface area contributed by atoms with Crippen molar-refractivity contribution in [3.8, 4) is 0 Å². The summed E-state index contributed by atoms with van der Waals surface area (Å²) in [5.74, 6) is -0.744. The van der Waals surface area contributed by atoms with Crippen LogP contribution >= 0.6 is 0 Å². The Morgan fingerprint density at radius 1 is 1.33 bits per heavy atom. The lowest BCUT2D eigenvalue weighted by Crippen LogP contribution is -2.15. The smallest absolute Gasteiger partial charge is 0.149 e. The molecule has 1 heterocycles. The van der Waals surface area contributed by atoms with Gasteiger partial charge in [0.25, 0.3) is 0 Å². The molecule has 82 valence electrons. The number of hydrogen-bond donors (Lipinski definition) is 1. The zero-order chi connectivity index (χ0) is 10.7. The summed E-state index contributed by atoms with van der Waals surface area (Å²) in [7, 11) is 0. The predicted molar refractivity (Wildman–Crippen MR) is 53.8 cm³/mol. The zero-order valence-corrected chi connectivity index (χ0v) is 8.30. The van der Waals surface area contributed by atoms with Crippen LogP contribution in [-0.4, -0.2) is 19.8 Å². The first-order valence-corrected chi connectivity index (χ1v) is 5.03. The molecule has 1 N–H and O–H groups in total. The average molecular weight is 213 g/mol. The monoisotopic (exact) mass is 213 g/mol. The van der Waals surface area contributed by atoms with Crippen molar-refractivity contribution in [1.82, 2.24) is 0 Å². The Balaban J connectivity index is 1.97. The van der Waals surface area contributed by atoms with Gasteiger partial charge in [-0.05, 0) is 18.6 Å². The molecule has 2 rings (SSSR count). The molecule has 1 aliphatic heterocycles. The summed E-state index contributed by atoms with van der Waals surface area (Å²) < 4.78 is 31.6. The van der Waals surface area contributed by atoms with Gasteiger partial charge < -0.3 is 10.1 Å². The number of ether oxygens (including phenoxy) is 1. The Bertz CT molecular complexity index is 317. The number of hydrogen-bond acceptors (Lipinski definition) is 2. The molecule has 4 heteroatoms. The van der Waals surface area contributed by atoms with E-state index in [1.807, 2.05) is 0 Å². The third kappa shape index (κ3) is 2.45. The molecule has 0 radical (unpaired) electrons. The van der Waals surface area contributed by atoms with Crippen molar-refractivity contribution >= 4 is 5.69 Å². The van der Waals surface area contributed by atoms with Crippen LogP contribution in [0, 0.1) is 17.6 Å². The summed E-state index contributed by atoms with van der Waals surface area (Å²) in [6.07, 6.45) is 0.947. The molecule has 0 aliphatic carbocycles. The highest BCUT2D eigenvalue weighted by molar-refractivity contribution is 5.45. The van der Waals surface area contributed by atoms with Gasteiger partial charge in [0.05, 0.1) is 6.61 Å². The van der Waals surface area contributed by atoms with Crippen molar-refractivity contribution in [3.63, 3.8) is 0 Å². The van der Waals surface area contributed by atoms with Crippen LogP contribution in [0.15, 0.2) is 18.2 Å². The molecule has 15 heavy (non-hydrogen) atoms. The predicted octanol–water partition coefficient (Wildman–Crippen LogP) is 2.41. The summed E-state index contributed by atoms with van der Waals surface area (Å²) in [4.78, 5) is 0. The molecule has 0 amide bonds. The highest BCUT2D eigenvalue weighted by Gasteiger charge is 2.16. The standard InChI is InChI=1S/C11H13F2NO/c12-9-2-1-3-10(13)11(9)14-6-8-4-5-15-7-8/h1-3,8,14H,4-7H2. The van der Waals surface area contributed by atoms with Gasteiger partial charge in [0.2, 0.25) is 0 Å². The van der Waals surface area contributed by atoms with Gasteiger partial charge in [0.15, 0.2) is 0 Å². The fourth-order valence-electron chi connectivity index (χ4n) is 1.66. The highest BCUT2D eigenvalue weighted by atomic mass is 19.1. The lowest BCUT2D eigenvalue weighted by Gasteiger charge is -2.11. The molecule has 1 aliphatic rings. The third-order valence-electron chi connectivity index (χ3n) is 2.55. The Morgan fingerprint density at radius 2 is 2.07 bits per heavy atom. The number of rotatable bonds is 3. The minimum absolute atomic E-state index is 0.0376.